The van der Waals surface area contributed by atoms with Gasteiger partial charge in [-0.1, -0.05) is 29.8 Å². The van der Waals surface area contributed by atoms with E-state index in [1.54, 1.807) is 4.52 Å². The summed E-state index contributed by atoms with van der Waals surface area (Å²) in [4.78, 5) is 14.9. The van der Waals surface area contributed by atoms with E-state index in [0.717, 1.165) is 43.9 Å². The fraction of sp³-hybridized carbons (Fsp3) is 0.524. The molecule has 150 valence electrons. The van der Waals surface area contributed by atoms with Gasteiger partial charge < -0.3 is 9.64 Å². The summed E-state index contributed by atoms with van der Waals surface area (Å²) in [6.07, 6.45) is 14.7. The van der Waals surface area contributed by atoms with Gasteiger partial charge in [-0.3, -0.25) is 4.79 Å². The SMILES string of the molecule is O=C1OC2C=CC=CC2C12CCN(c1cnn3c(CC4CC4)nnc3c1Cl)CC2. The third-order valence-corrected chi connectivity index (χ3v) is 7.32. The van der Waals surface area contributed by atoms with Crippen LogP contribution < -0.4 is 4.90 Å². The first-order chi connectivity index (χ1) is 14.2. The largest absolute Gasteiger partial charge is 0.457 e. The molecule has 6 rings (SSSR count). The zero-order chi connectivity index (χ0) is 19.6. The van der Waals surface area contributed by atoms with Crippen LogP contribution in [0.3, 0.4) is 0 Å². The summed E-state index contributed by atoms with van der Waals surface area (Å²) < 4.78 is 7.44. The smallest absolute Gasteiger partial charge is 0.313 e. The summed E-state index contributed by atoms with van der Waals surface area (Å²) in [5.74, 6) is 1.65. The third-order valence-electron chi connectivity index (χ3n) is 6.96. The molecule has 2 saturated heterocycles. The van der Waals surface area contributed by atoms with Crippen molar-refractivity contribution in [2.45, 2.75) is 38.2 Å². The molecule has 0 aromatic carbocycles. The molecule has 2 atom stereocenters. The normalized spacial score (nSPS) is 27.6. The molecule has 4 aliphatic rings. The number of piperidine rings is 1. The Hall–Kier alpha value is -2.41. The minimum Gasteiger partial charge on any atom is -0.457 e. The summed E-state index contributed by atoms with van der Waals surface area (Å²) in [5.41, 5.74) is 1.04. The first-order valence-electron chi connectivity index (χ1n) is 10.4. The van der Waals surface area contributed by atoms with Gasteiger partial charge in [0.25, 0.3) is 0 Å². The van der Waals surface area contributed by atoms with Crippen LogP contribution >= 0.6 is 11.6 Å². The van der Waals surface area contributed by atoms with Gasteiger partial charge in [0.1, 0.15) is 11.1 Å². The van der Waals surface area contributed by atoms with E-state index in [2.05, 4.69) is 26.3 Å². The summed E-state index contributed by atoms with van der Waals surface area (Å²) in [5, 5.41) is 13.8. The third kappa shape index (κ3) is 2.63. The second-order valence-electron chi connectivity index (χ2n) is 8.65. The van der Waals surface area contributed by atoms with E-state index >= 15 is 0 Å². The Labute approximate surface area is 173 Å². The number of nitrogens with zero attached hydrogens (tertiary/aromatic N) is 5. The molecule has 2 aromatic heterocycles. The van der Waals surface area contributed by atoms with Crippen molar-refractivity contribution in [1.29, 1.82) is 0 Å². The van der Waals surface area contributed by atoms with Gasteiger partial charge in [0.2, 0.25) is 0 Å². The second kappa shape index (κ2) is 6.29. The standard InChI is InChI=1S/C21H22ClN5O2/c22-18-15(12-23-27-17(11-13-5-6-13)24-25-19(18)27)26-9-7-21(8-10-26)14-3-1-2-4-16(14)29-20(21)28/h1-4,12-14,16H,5-11H2. The Kier molecular flexibility index (Phi) is 3.79. The number of carbonyl (C=O) groups is 1. The van der Waals surface area contributed by atoms with Gasteiger partial charge in [-0.05, 0) is 37.7 Å². The lowest BCUT2D eigenvalue weighted by atomic mass is 9.67. The Morgan fingerprint density at radius 2 is 1.97 bits per heavy atom. The van der Waals surface area contributed by atoms with Crippen LogP contribution in [-0.4, -0.2) is 45.0 Å². The number of rotatable bonds is 3. The fourth-order valence-corrected chi connectivity index (χ4v) is 5.33. The van der Waals surface area contributed by atoms with E-state index in [9.17, 15) is 4.79 Å². The number of carbonyl (C=O) groups excluding carboxylic acids is 1. The first-order valence-corrected chi connectivity index (χ1v) is 10.7. The van der Waals surface area contributed by atoms with Crippen LogP contribution in [0.1, 0.15) is 31.5 Å². The molecule has 0 bridgehead atoms. The molecular formula is C21H22ClN5O2. The van der Waals surface area contributed by atoms with Crippen molar-refractivity contribution in [1.82, 2.24) is 19.8 Å². The topological polar surface area (TPSA) is 72.6 Å². The highest BCUT2D eigenvalue weighted by atomic mass is 35.5. The summed E-state index contributed by atoms with van der Waals surface area (Å²) in [6, 6.07) is 0. The highest BCUT2D eigenvalue weighted by molar-refractivity contribution is 6.36. The van der Waals surface area contributed by atoms with Crippen LogP contribution in [0.15, 0.2) is 30.5 Å². The van der Waals surface area contributed by atoms with Crippen LogP contribution in [0, 0.1) is 17.3 Å². The predicted octanol–water partition coefficient (Wildman–Crippen LogP) is 2.98. The molecular weight excluding hydrogens is 390 g/mol. The molecule has 8 heteroatoms. The first kappa shape index (κ1) is 17.4. The molecule has 0 amide bonds. The quantitative estimate of drug-likeness (QED) is 0.723. The van der Waals surface area contributed by atoms with Gasteiger partial charge in [0.05, 0.1) is 17.3 Å². The van der Waals surface area contributed by atoms with Gasteiger partial charge in [-0.25, -0.2) is 0 Å². The molecule has 7 nitrogen and oxygen atoms in total. The van der Waals surface area contributed by atoms with E-state index in [0.29, 0.717) is 16.6 Å². The highest BCUT2D eigenvalue weighted by Gasteiger charge is 2.56. The maximum absolute atomic E-state index is 12.7. The van der Waals surface area contributed by atoms with E-state index in [1.807, 2.05) is 24.4 Å². The van der Waals surface area contributed by atoms with Crippen LogP contribution in [0.4, 0.5) is 5.69 Å². The molecule has 2 aromatic rings. The number of halogens is 1. The molecule has 0 N–H and O–H groups in total. The number of hydrogen-bond donors (Lipinski definition) is 0. The average Bonchev–Trinajstić information content (AvgIpc) is 3.40. The van der Waals surface area contributed by atoms with Crippen LogP contribution in [-0.2, 0) is 16.0 Å². The van der Waals surface area contributed by atoms with Crippen molar-refractivity contribution >= 4 is 28.9 Å². The van der Waals surface area contributed by atoms with E-state index in [4.69, 9.17) is 16.3 Å². The number of ether oxygens (including phenoxy) is 1. The van der Waals surface area contributed by atoms with Crippen molar-refractivity contribution in [3.8, 4) is 0 Å². The lowest BCUT2D eigenvalue weighted by molar-refractivity contribution is -0.148. The van der Waals surface area contributed by atoms with Crippen LogP contribution in [0.25, 0.3) is 5.65 Å². The lowest BCUT2D eigenvalue weighted by Gasteiger charge is -2.40. The maximum atomic E-state index is 12.7. The summed E-state index contributed by atoms with van der Waals surface area (Å²) >= 11 is 6.71. The molecule has 2 aliphatic heterocycles. The Bertz CT molecular complexity index is 1050. The molecule has 2 unspecified atom stereocenters. The highest BCUT2D eigenvalue weighted by Crippen LogP contribution is 2.50. The molecule has 1 spiro atoms. The Balaban J connectivity index is 1.25. The zero-order valence-corrected chi connectivity index (χ0v) is 16.8. The maximum Gasteiger partial charge on any atom is 0.313 e. The number of aromatic nitrogens is 4. The summed E-state index contributed by atoms with van der Waals surface area (Å²) in [6.45, 7) is 1.47. The average molecular weight is 412 g/mol. The van der Waals surface area contributed by atoms with E-state index in [1.165, 1.54) is 12.8 Å². The van der Waals surface area contributed by atoms with Gasteiger partial charge in [0, 0.05) is 25.4 Å². The van der Waals surface area contributed by atoms with Gasteiger partial charge in [0.15, 0.2) is 11.5 Å². The van der Waals surface area contributed by atoms with Crippen LogP contribution in [0.2, 0.25) is 5.02 Å². The number of fused-ring (bicyclic) bond motifs is 3. The summed E-state index contributed by atoms with van der Waals surface area (Å²) in [7, 11) is 0. The van der Waals surface area contributed by atoms with E-state index in [-0.39, 0.29) is 18.0 Å². The van der Waals surface area contributed by atoms with Crippen molar-refractivity contribution < 1.29 is 9.53 Å². The lowest BCUT2D eigenvalue weighted by Crippen LogP contribution is -2.46. The molecule has 0 radical (unpaired) electrons. The number of hydrogen-bond acceptors (Lipinski definition) is 6. The molecule has 1 saturated carbocycles. The predicted molar refractivity (Wildman–Crippen MR) is 108 cm³/mol. The molecule has 4 heterocycles. The minimum absolute atomic E-state index is 0.0646. The van der Waals surface area contributed by atoms with E-state index < -0.39 is 5.41 Å². The van der Waals surface area contributed by atoms with Gasteiger partial charge >= 0.3 is 5.97 Å². The van der Waals surface area contributed by atoms with Gasteiger partial charge in [-0.2, -0.15) is 9.61 Å². The minimum atomic E-state index is -0.432. The van der Waals surface area contributed by atoms with Crippen molar-refractivity contribution in [2.75, 3.05) is 18.0 Å². The molecule has 3 fully saturated rings. The van der Waals surface area contributed by atoms with Crippen molar-refractivity contribution in [2.24, 2.45) is 17.3 Å². The number of anilines is 1. The van der Waals surface area contributed by atoms with Gasteiger partial charge in [-0.15, -0.1) is 10.2 Å². The monoisotopic (exact) mass is 411 g/mol. The molecule has 29 heavy (non-hydrogen) atoms. The van der Waals surface area contributed by atoms with Crippen molar-refractivity contribution in [3.05, 3.63) is 41.3 Å². The molecule has 2 aliphatic carbocycles. The van der Waals surface area contributed by atoms with Crippen LogP contribution in [0.5, 0.6) is 0 Å². The Morgan fingerprint density at radius 3 is 2.76 bits per heavy atom. The fourth-order valence-electron chi connectivity index (χ4n) is 5.04. The zero-order valence-electron chi connectivity index (χ0n) is 16.0. The number of esters is 1. The Morgan fingerprint density at radius 1 is 1.17 bits per heavy atom. The number of allylic oxidation sites excluding steroid dienone is 2. The van der Waals surface area contributed by atoms with Crippen molar-refractivity contribution in [3.63, 3.8) is 0 Å². The second-order valence-corrected chi connectivity index (χ2v) is 9.03.